The Labute approximate surface area is 157 Å². The van der Waals surface area contributed by atoms with E-state index in [0.717, 1.165) is 19.4 Å². The van der Waals surface area contributed by atoms with E-state index in [1.165, 1.54) is 7.11 Å². The number of benzene rings is 1. The lowest BCUT2D eigenvalue weighted by molar-refractivity contribution is -0.150. The van der Waals surface area contributed by atoms with Crippen LogP contribution in [0.3, 0.4) is 0 Å². The molecule has 8 nitrogen and oxygen atoms in total. The summed E-state index contributed by atoms with van der Waals surface area (Å²) in [5, 5.41) is 0.444. The number of carbonyl (C=O) groups excluding carboxylic acids is 1. The molecule has 0 aliphatic carbocycles. The third-order valence-corrected chi connectivity index (χ3v) is 4.76. The second-order valence-electron chi connectivity index (χ2n) is 6.56. The zero-order chi connectivity index (χ0) is 19.4. The van der Waals surface area contributed by atoms with Crippen molar-refractivity contribution >= 4 is 16.9 Å². The molecule has 2 aromatic rings. The number of esters is 1. The van der Waals surface area contributed by atoms with Crippen molar-refractivity contribution in [3.05, 3.63) is 28.3 Å². The summed E-state index contributed by atoms with van der Waals surface area (Å²) >= 11 is 0. The number of piperidine rings is 1. The fourth-order valence-corrected chi connectivity index (χ4v) is 3.45. The Balaban J connectivity index is 1.82. The number of aromatic nitrogens is 2. The van der Waals surface area contributed by atoms with Gasteiger partial charge in [-0.3, -0.25) is 14.5 Å². The average Bonchev–Trinajstić information content (AvgIpc) is 2.67. The van der Waals surface area contributed by atoms with E-state index < -0.39 is 0 Å². The Kier molecular flexibility index (Phi) is 5.95. The van der Waals surface area contributed by atoms with Gasteiger partial charge in [0, 0.05) is 12.6 Å². The summed E-state index contributed by atoms with van der Waals surface area (Å²) in [6.07, 6.45) is 1.74. The maximum Gasteiger partial charge on any atom is 0.310 e. The van der Waals surface area contributed by atoms with E-state index in [4.69, 9.17) is 14.2 Å². The van der Waals surface area contributed by atoms with Crippen molar-refractivity contribution in [2.75, 3.05) is 33.9 Å². The number of ether oxygens (including phenoxy) is 3. The molecule has 0 radical (unpaired) electrons. The molecule has 27 heavy (non-hydrogen) atoms. The van der Waals surface area contributed by atoms with Gasteiger partial charge in [-0.2, -0.15) is 0 Å². The van der Waals surface area contributed by atoms with Gasteiger partial charge in [-0.25, -0.2) is 4.98 Å². The highest BCUT2D eigenvalue weighted by Gasteiger charge is 2.27. The van der Waals surface area contributed by atoms with Crippen molar-refractivity contribution in [2.24, 2.45) is 5.92 Å². The summed E-state index contributed by atoms with van der Waals surface area (Å²) in [6.45, 7) is 4.12. The molecule has 3 rings (SSSR count). The van der Waals surface area contributed by atoms with Gasteiger partial charge in [0.1, 0.15) is 5.82 Å². The minimum Gasteiger partial charge on any atom is -0.493 e. The minimum absolute atomic E-state index is 0.129. The second-order valence-corrected chi connectivity index (χ2v) is 6.56. The molecular formula is C19H25N3O5. The number of aromatic amines is 1. The number of methoxy groups -OCH3 is 2. The molecule has 8 heteroatoms. The Morgan fingerprint density at radius 2 is 2.04 bits per heavy atom. The van der Waals surface area contributed by atoms with Crippen LogP contribution in [-0.2, 0) is 16.1 Å². The third-order valence-electron chi connectivity index (χ3n) is 4.76. The van der Waals surface area contributed by atoms with E-state index in [0.29, 0.717) is 47.9 Å². The van der Waals surface area contributed by atoms with E-state index in [2.05, 4.69) is 14.9 Å². The van der Waals surface area contributed by atoms with Crippen molar-refractivity contribution in [1.29, 1.82) is 0 Å². The first-order valence-corrected chi connectivity index (χ1v) is 9.09. The maximum atomic E-state index is 12.5. The smallest absolute Gasteiger partial charge is 0.310 e. The summed E-state index contributed by atoms with van der Waals surface area (Å²) in [7, 11) is 3.07. The van der Waals surface area contributed by atoms with Gasteiger partial charge < -0.3 is 19.2 Å². The lowest BCUT2D eigenvalue weighted by Crippen LogP contribution is -2.39. The first kappa shape index (κ1) is 19.2. The zero-order valence-electron chi connectivity index (χ0n) is 15.9. The molecule has 2 heterocycles. The molecule has 1 aromatic heterocycles. The van der Waals surface area contributed by atoms with E-state index in [1.807, 2.05) is 6.92 Å². The maximum absolute atomic E-state index is 12.5. The average molecular weight is 375 g/mol. The molecule has 1 aliphatic rings. The number of likely N-dealkylation sites (tertiary alicyclic amines) is 1. The number of carbonyl (C=O) groups is 1. The standard InChI is InChI=1S/C19H25N3O5/c1-4-27-19(24)12-6-5-7-22(10-12)11-17-20-14-9-16(26-3)15(25-2)8-13(14)18(23)21-17/h8-9,12H,4-7,10-11H2,1-3H3,(H,20,21,23). The number of hydrogen-bond donors (Lipinski definition) is 1. The Morgan fingerprint density at radius 1 is 1.30 bits per heavy atom. The molecule has 0 spiro atoms. The fourth-order valence-electron chi connectivity index (χ4n) is 3.45. The van der Waals surface area contributed by atoms with Crippen molar-refractivity contribution in [2.45, 2.75) is 26.3 Å². The number of rotatable bonds is 6. The fraction of sp³-hybridized carbons (Fsp3) is 0.526. The predicted molar refractivity (Wildman–Crippen MR) is 100 cm³/mol. The Morgan fingerprint density at radius 3 is 2.74 bits per heavy atom. The molecule has 1 aromatic carbocycles. The van der Waals surface area contributed by atoms with E-state index in [-0.39, 0.29) is 17.4 Å². The molecule has 0 saturated carbocycles. The topological polar surface area (TPSA) is 93.8 Å². The third kappa shape index (κ3) is 4.21. The molecule has 1 aliphatic heterocycles. The van der Waals surface area contributed by atoms with Crippen LogP contribution in [0.1, 0.15) is 25.6 Å². The van der Waals surface area contributed by atoms with Gasteiger partial charge in [-0.15, -0.1) is 0 Å². The molecule has 0 bridgehead atoms. The van der Waals surface area contributed by atoms with Gasteiger partial charge >= 0.3 is 5.97 Å². The van der Waals surface area contributed by atoms with Gasteiger partial charge in [0.25, 0.3) is 5.56 Å². The summed E-state index contributed by atoms with van der Waals surface area (Å²) in [6, 6.07) is 3.33. The normalized spacial score (nSPS) is 17.7. The van der Waals surface area contributed by atoms with Crippen LogP contribution >= 0.6 is 0 Å². The summed E-state index contributed by atoms with van der Waals surface area (Å²) in [5.41, 5.74) is 0.320. The Hall–Kier alpha value is -2.61. The lowest BCUT2D eigenvalue weighted by atomic mass is 9.98. The van der Waals surface area contributed by atoms with Crippen LogP contribution in [-0.4, -0.2) is 54.8 Å². The van der Waals surface area contributed by atoms with Crippen LogP contribution in [0, 0.1) is 5.92 Å². The van der Waals surface area contributed by atoms with Crippen molar-refractivity contribution in [3.63, 3.8) is 0 Å². The summed E-state index contributed by atoms with van der Waals surface area (Å²) in [4.78, 5) is 34.0. The van der Waals surface area contributed by atoms with Gasteiger partial charge in [-0.05, 0) is 32.4 Å². The quantitative estimate of drug-likeness (QED) is 0.768. The molecule has 1 atom stereocenters. The van der Waals surface area contributed by atoms with Crippen LogP contribution in [0.4, 0.5) is 0 Å². The minimum atomic E-state index is -0.227. The van der Waals surface area contributed by atoms with Gasteiger partial charge in [0.05, 0.1) is 44.2 Å². The van der Waals surface area contributed by atoms with Crippen molar-refractivity contribution < 1.29 is 19.0 Å². The first-order valence-electron chi connectivity index (χ1n) is 9.09. The predicted octanol–water partition coefficient (Wildman–Crippen LogP) is 1.72. The number of nitrogens with zero attached hydrogens (tertiary/aromatic N) is 2. The summed E-state index contributed by atoms with van der Waals surface area (Å²) < 4.78 is 15.7. The molecule has 1 fully saturated rings. The van der Waals surface area contributed by atoms with Crippen molar-refractivity contribution in [1.82, 2.24) is 14.9 Å². The van der Waals surface area contributed by atoms with Crippen LogP contribution in [0.15, 0.2) is 16.9 Å². The molecule has 1 N–H and O–H groups in total. The van der Waals surface area contributed by atoms with Crippen molar-refractivity contribution in [3.8, 4) is 11.5 Å². The number of nitrogens with one attached hydrogen (secondary N) is 1. The Bertz CT molecular complexity index is 880. The highest BCUT2D eigenvalue weighted by Crippen LogP contribution is 2.30. The molecule has 1 saturated heterocycles. The highest BCUT2D eigenvalue weighted by molar-refractivity contribution is 5.81. The van der Waals surface area contributed by atoms with Crippen LogP contribution in [0.2, 0.25) is 0 Å². The van der Waals surface area contributed by atoms with Gasteiger partial charge in [0.2, 0.25) is 0 Å². The number of hydrogen-bond acceptors (Lipinski definition) is 7. The molecule has 146 valence electrons. The van der Waals surface area contributed by atoms with E-state index in [9.17, 15) is 9.59 Å². The second kappa shape index (κ2) is 8.39. The lowest BCUT2D eigenvalue weighted by Gasteiger charge is -2.30. The number of fused-ring (bicyclic) bond motifs is 1. The summed E-state index contributed by atoms with van der Waals surface area (Å²) in [5.74, 6) is 1.28. The largest absolute Gasteiger partial charge is 0.493 e. The molecular weight excluding hydrogens is 350 g/mol. The van der Waals surface area contributed by atoms with E-state index in [1.54, 1.807) is 19.2 Å². The van der Waals surface area contributed by atoms with Crippen LogP contribution in [0.25, 0.3) is 10.9 Å². The van der Waals surface area contributed by atoms with Crippen LogP contribution < -0.4 is 15.0 Å². The SMILES string of the molecule is CCOC(=O)C1CCCN(Cc2nc3cc(OC)c(OC)cc3c(=O)[nH]2)C1. The molecule has 0 amide bonds. The van der Waals surface area contributed by atoms with Gasteiger partial charge in [0.15, 0.2) is 11.5 Å². The van der Waals surface area contributed by atoms with Crippen LogP contribution in [0.5, 0.6) is 11.5 Å². The number of H-pyrrole nitrogens is 1. The highest BCUT2D eigenvalue weighted by atomic mass is 16.5. The monoisotopic (exact) mass is 375 g/mol. The zero-order valence-corrected chi connectivity index (χ0v) is 15.9. The van der Waals surface area contributed by atoms with E-state index >= 15 is 0 Å². The van der Waals surface area contributed by atoms with Gasteiger partial charge in [-0.1, -0.05) is 0 Å². The first-order chi connectivity index (χ1) is 13.0. The molecule has 1 unspecified atom stereocenters.